The summed E-state index contributed by atoms with van der Waals surface area (Å²) in [6, 6.07) is 26.2. The van der Waals surface area contributed by atoms with Gasteiger partial charge in [0.1, 0.15) is 0 Å². The molecule has 1 amide bonds. The molecule has 1 fully saturated rings. The third kappa shape index (κ3) is 5.45. The molecular weight excluding hydrogens is 412 g/mol. The number of carbonyl (C=O) groups is 1. The van der Waals surface area contributed by atoms with Gasteiger partial charge in [-0.15, -0.1) is 0 Å². The SMILES string of the molecule is O=C(Nc1ccccc1Sc1ccccc1)C1CCN(Cc2ccccc2Cl)CC1. The number of nitrogens with zero attached hydrogens (tertiary/aromatic N) is 1. The van der Waals surface area contributed by atoms with Crippen LogP contribution in [-0.2, 0) is 11.3 Å². The molecule has 5 heteroatoms. The van der Waals surface area contributed by atoms with Gasteiger partial charge in [-0.1, -0.05) is 71.9 Å². The van der Waals surface area contributed by atoms with Gasteiger partial charge in [0.05, 0.1) is 5.69 Å². The number of rotatable bonds is 6. The van der Waals surface area contributed by atoms with Crippen LogP contribution >= 0.6 is 23.4 Å². The molecule has 0 saturated carbocycles. The minimum atomic E-state index is 0.0438. The fourth-order valence-corrected chi connectivity index (χ4v) is 4.85. The molecular formula is C25H25ClN2OS. The Morgan fingerprint density at radius 1 is 0.933 bits per heavy atom. The number of benzene rings is 3. The lowest BCUT2D eigenvalue weighted by Gasteiger charge is -2.31. The average molecular weight is 437 g/mol. The van der Waals surface area contributed by atoms with Gasteiger partial charge in [0.2, 0.25) is 5.91 Å². The first kappa shape index (κ1) is 21.0. The Bertz CT molecular complexity index is 987. The molecule has 0 radical (unpaired) electrons. The van der Waals surface area contributed by atoms with Crippen molar-refractivity contribution in [3.05, 3.63) is 89.4 Å². The lowest BCUT2D eigenvalue weighted by atomic mass is 9.95. The number of piperidine rings is 1. The molecule has 30 heavy (non-hydrogen) atoms. The predicted octanol–water partition coefficient (Wildman–Crippen LogP) is 6.34. The number of halogens is 1. The van der Waals surface area contributed by atoms with Crippen LogP contribution in [-0.4, -0.2) is 23.9 Å². The van der Waals surface area contributed by atoms with E-state index in [0.717, 1.165) is 58.5 Å². The smallest absolute Gasteiger partial charge is 0.227 e. The highest BCUT2D eigenvalue weighted by molar-refractivity contribution is 7.99. The van der Waals surface area contributed by atoms with Crippen LogP contribution in [0.1, 0.15) is 18.4 Å². The fourth-order valence-electron chi connectivity index (χ4n) is 3.73. The molecule has 0 unspecified atom stereocenters. The number of hydrogen-bond acceptors (Lipinski definition) is 3. The van der Waals surface area contributed by atoms with E-state index in [0.29, 0.717) is 0 Å². The van der Waals surface area contributed by atoms with Gasteiger partial charge >= 0.3 is 0 Å². The van der Waals surface area contributed by atoms with Crippen molar-refractivity contribution < 1.29 is 4.79 Å². The fraction of sp³-hybridized carbons (Fsp3) is 0.240. The van der Waals surface area contributed by atoms with E-state index in [1.165, 1.54) is 0 Å². The van der Waals surface area contributed by atoms with E-state index >= 15 is 0 Å². The van der Waals surface area contributed by atoms with Gasteiger partial charge in [0, 0.05) is 27.3 Å². The molecule has 0 bridgehead atoms. The molecule has 0 aromatic heterocycles. The molecule has 3 aromatic carbocycles. The van der Waals surface area contributed by atoms with Crippen molar-refractivity contribution in [2.45, 2.75) is 29.2 Å². The van der Waals surface area contributed by atoms with E-state index in [-0.39, 0.29) is 11.8 Å². The van der Waals surface area contributed by atoms with E-state index in [2.05, 4.69) is 34.5 Å². The predicted molar refractivity (Wildman–Crippen MR) is 125 cm³/mol. The second-order valence-electron chi connectivity index (χ2n) is 7.54. The third-order valence-corrected chi connectivity index (χ3v) is 6.88. The number of hydrogen-bond donors (Lipinski definition) is 1. The standard InChI is InChI=1S/C25H25ClN2OS/c26-22-11-5-4-8-20(22)18-28-16-14-19(15-17-28)25(29)27-23-12-6-7-13-24(23)30-21-9-2-1-3-10-21/h1-13,19H,14-18H2,(H,27,29). The average Bonchev–Trinajstić information content (AvgIpc) is 2.78. The van der Waals surface area contributed by atoms with Crippen molar-refractivity contribution in [2.75, 3.05) is 18.4 Å². The van der Waals surface area contributed by atoms with Crippen molar-refractivity contribution in [1.29, 1.82) is 0 Å². The summed E-state index contributed by atoms with van der Waals surface area (Å²) in [6.45, 7) is 2.65. The van der Waals surface area contributed by atoms with Crippen LogP contribution in [0.5, 0.6) is 0 Å². The Kier molecular flexibility index (Phi) is 7.11. The zero-order valence-electron chi connectivity index (χ0n) is 16.8. The Morgan fingerprint density at radius 3 is 2.37 bits per heavy atom. The summed E-state index contributed by atoms with van der Waals surface area (Å²) in [6.07, 6.45) is 1.73. The molecule has 3 nitrogen and oxygen atoms in total. The zero-order chi connectivity index (χ0) is 20.8. The highest BCUT2D eigenvalue weighted by Gasteiger charge is 2.25. The molecule has 0 aliphatic carbocycles. The highest BCUT2D eigenvalue weighted by atomic mass is 35.5. The monoisotopic (exact) mass is 436 g/mol. The van der Waals surface area contributed by atoms with Crippen LogP contribution in [0.25, 0.3) is 0 Å². The van der Waals surface area contributed by atoms with Gasteiger partial charge in [-0.05, 0) is 61.8 Å². The van der Waals surface area contributed by atoms with Crippen LogP contribution in [0.2, 0.25) is 5.02 Å². The molecule has 3 aromatic rings. The number of carbonyl (C=O) groups excluding carboxylic acids is 1. The second kappa shape index (κ2) is 10.2. The first-order valence-electron chi connectivity index (χ1n) is 10.3. The Labute approximate surface area is 187 Å². The molecule has 1 aliphatic rings. The molecule has 1 saturated heterocycles. The zero-order valence-corrected chi connectivity index (χ0v) is 18.3. The van der Waals surface area contributed by atoms with Crippen molar-refractivity contribution in [3.8, 4) is 0 Å². The summed E-state index contributed by atoms with van der Waals surface area (Å²) in [5, 5.41) is 3.98. The van der Waals surface area contributed by atoms with E-state index in [1.807, 2.05) is 54.6 Å². The van der Waals surface area contributed by atoms with Crippen molar-refractivity contribution in [2.24, 2.45) is 5.92 Å². The number of likely N-dealkylation sites (tertiary alicyclic amines) is 1. The van der Waals surface area contributed by atoms with Crippen molar-refractivity contribution in [3.63, 3.8) is 0 Å². The summed E-state index contributed by atoms with van der Waals surface area (Å²) in [5.41, 5.74) is 2.03. The van der Waals surface area contributed by atoms with Gasteiger partial charge in [0.25, 0.3) is 0 Å². The number of nitrogens with one attached hydrogen (secondary N) is 1. The Morgan fingerprint density at radius 2 is 1.60 bits per heavy atom. The van der Waals surface area contributed by atoms with Crippen molar-refractivity contribution in [1.82, 2.24) is 4.90 Å². The lowest BCUT2D eigenvalue weighted by molar-refractivity contribution is -0.121. The van der Waals surface area contributed by atoms with E-state index < -0.39 is 0 Å². The van der Waals surface area contributed by atoms with E-state index in [9.17, 15) is 4.79 Å². The lowest BCUT2D eigenvalue weighted by Crippen LogP contribution is -2.37. The van der Waals surface area contributed by atoms with Gasteiger partial charge in [-0.2, -0.15) is 0 Å². The number of para-hydroxylation sites is 1. The molecule has 0 spiro atoms. The number of amides is 1. The van der Waals surface area contributed by atoms with Crippen LogP contribution < -0.4 is 5.32 Å². The van der Waals surface area contributed by atoms with Crippen LogP contribution in [0.15, 0.2) is 88.7 Å². The summed E-state index contributed by atoms with van der Waals surface area (Å²) in [7, 11) is 0. The molecule has 1 heterocycles. The molecule has 1 N–H and O–H groups in total. The van der Waals surface area contributed by atoms with Crippen LogP contribution in [0.3, 0.4) is 0 Å². The van der Waals surface area contributed by atoms with Gasteiger partial charge in [-0.25, -0.2) is 0 Å². The largest absolute Gasteiger partial charge is 0.325 e. The Balaban J connectivity index is 1.34. The quantitative estimate of drug-likeness (QED) is 0.489. The first-order valence-corrected chi connectivity index (χ1v) is 11.5. The molecule has 0 atom stereocenters. The van der Waals surface area contributed by atoms with E-state index in [1.54, 1.807) is 11.8 Å². The molecule has 154 valence electrons. The summed E-state index contributed by atoms with van der Waals surface area (Å²) < 4.78 is 0. The summed E-state index contributed by atoms with van der Waals surface area (Å²) >= 11 is 7.96. The van der Waals surface area contributed by atoms with Gasteiger partial charge in [-0.3, -0.25) is 9.69 Å². The normalized spacial score (nSPS) is 15.1. The van der Waals surface area contributed by atoms with Gasteiger partial charge < -0.3 is 5.32 Å². The summed E-state index contributed by atoms with van der Waals surface area (Å²) in [4.78, 5) is 17.5. The Hall–Kier alpha value is -2.27. The second-order valence-corrected chi connectivity index (χ2v) is 9.06. The van der Waals surface area contributed by atoms with Gasteiger partial charge in [0.15, 0.2) is 0 Å². The maximum Gasteiger partial charge on any atom is 0.227 e. The summed E-state index contributed by atoms with van der Waals surface area (Å²) in [5.74, 6) is 0.163. The van der Waals surface area contributed by atoms with Crippen molar-refractivity contribution >= 4 is 35.0 Å². The highest BCUT2D eigenvalue weighted by Crippen LogP contribution is 2.34. The number of anilines is 1. The molecule has 1 aliphatic heterocycles. The minimum absolute atomic E-state index is 0.0438. The first-order chi connectivity index (χ1) is 14.7. The topological polar surface area (TPSA) is 32.3 Å². The third-order valence-electron chi connectivity index (χ3n) is 5.43. The van der Waals surface area contributed by atoms with Crippen LogP contribution in [0.4, 0.5) is 5.69 Å². The maximum absolute atomic E-state index is 12.9. The molecule has 4 rings (SSSR count). The van der Waals surface area contributed by atoms with Crippen LogP contribution in [0, 0.1) is 5.92 Å². The minimum Gasteiger partial charge on any atom is -0.325 e. The van der Waals surface area contributed by atoms with E-state index in [4.69, 9.17) is 11.6 Å². The maximum atomic E-state index is 12.9.